The number of fused-ring (bicyclic) bond motifs is 1. The van der Waals surface area contributed by atoms with Crippen molar-refractivity contribution in [3.05, 3.63) is 71.3 Å². The number of nitrogens with one attached hydrogen (secondary N) is 1. The maximum atomic E-state index is 13.1. The first-order valence-corrected chi connectivity index (χ1v) is 12.1. The summed E-state index contributed by atoms with van der Waals surface area (Å²) < 4.78 is 5.26. The molecule has 4 rings (SSSR count). The number of benzene rings is 2. The molecule has 7 heteroatoms. The molecule has 1 aliphatic carbocycles. The van der Waals surface area contributed by atoms with Gasteiger partial charge in [0.25, 0.3) is 5.91 Å². The number of esters is 1. The van der Waals surface area contributed by atoms with Crippen molar-refractivity contribution < 1.29 is 23.9 Å². The number of amides is 3. The molecule has 0 radical (unpaired) electrons. The Labute approximate surface area is 205 Å². The third-order valence-electron chi connectivity index (χ3n) is 6.57. The Hall–Kier alpha value is -3.74. The summed E-state index contributed by atoms with van der Waals surface area (Å²) >= 11 is 0. The molecule has 2 atom stereocenters. The number of anilines is 2. The molecule has 3 amide bonds. The van der Waals surface area contributed by atoms with Crippen molar-refractivity contribution in [2.24, 2.45) is 11.8 Å². The number of ether oxygens (including phenoxy) is 1. The molecule has 2 aromatic carbocycles. The molecule has 0 saturated carbocycles. The van der Waals surface area contributed by atoms with Crippen molar-refractivity contribution in [3.63, 3.8) is 0 Å². The van der Waals surface area contributed by atoms with Crippen LogP contribution in [0.15, 0.2) is 60.2 Å². The van der Waals surface area contributed by atoms with Gasteiger partial charge in [-0.15, -0.1) is 0 Å². The fraction of sp³-hybridized carbons (Fsp3) is 0.357. The van der Waals surface area contributed by atoms with Gasteiger partial charge in [-0.3, -0.25) is 14.4 Å². The van der Waals surface area contributed by atoms with Crippen LogP contribution >= 0.6 is 0 Å². The normalized spacial score (nSPS) is 19.3. The van der Waals surface area contributed by atoms with Crippen LogP contribution in [0.5, 0.6) is 0 Å². The van der Waals surface area contributed by atoms with Crippen LogP contribution in [-0.4, -0.2) is 30.3 Å². The van der Waals surface area contributed by atoms with E-state index in [1.165, 1.54) is 4.90 Å². The lowest BCUT2D eigenvalue weighted by molar-refractivity contribution is -0.122. The van der Waals surface area contributed by atoms with E-state index in [1.54, 1.807) is 48.5 Å². The molecular weight excluding hydrogens is 444 g/mol. The molecule has 1 fully saturated rings. The van der Waals surface area contributed by atoms with Crippen LogP contribution in [0.4, 0.5) is 11.4 Å². The second-order valence-corrected chi connectivity index (χ2v) is 9.11. The van der Waals surface area contributed by atoms with E-state index < -0.39 is 11.9 Å². The summed E-state index contributed by atoms with van der Waals surface area (Å²) in [5, 5.41) is 2.80. The second-order valence-electron chi connectivity index (χ2n) is 9.11. The van der Waals surface area contributed by atoms with Crippen molar-refractivity contribution in [2.45, 2.75) is 46.0 Å². The van der Waals surface area contributed by atoms with Gasteiger partial charge in [0.1, 0.15) is 0 Å². The van der Waals surface area contributed by atoms with Crippen LogP contribution in [0.1, 0.15) is 66.7 Å². The molecule has 182 valence electrons. The number of rotatable bonds is 8. The minimum Gasteiger partial charge on any atom is -0.462 e. The molecule has 0 bridgehead atoms. The average molecular weight is 475 g/mol. The number of nitrogens with zero attached hydrogens (tertiary/aromatic N) is 1. The summed E-state index contributed by atoms with van der Waals surface area (Å²) in [4.78, 5) is 52.7. The fourth-order valence-electron chi connectivity index (χ4n) is 4.62. The monoisotopic (exact) mass is 474 g/mol. The van der Waals surface area contributed by atoms with Gasteiger partial charge in [0.15, 0.2) is 0 Å². The maximum absolute atomic E-state index is 13.1. The van der Waals surface area contributed by atoms with Gasteiger partial charge >= 0.3 is 5.97 Å². The van der Waals surface area contributed by atoms with Crippen molar-refractivity contribution in [3.8, 4) is 0 Å². The number of hydrogen-bond acceptors (Lipinski definition) is 5. The Balaban J connectivity index is 1.47. The van der Waals surface area contributed by atoms with Crippen LogP contribution in [0.3, 0.4) is 0 Å². The molecular formula is C28H30N2O5. The molecule has 1 N–H and O–H groups in total. The van der Waals surface area contributed by atoms with Gasteiger partial charge in [-0.1, -0.05) is 43.5 Å². The van der Waals surface area contributed by atoms with Crippen molar-refractivity contribution in [1.29, 1.82) is 0 Å². The summed E-state index contributed by atoms with van der Waals surface area (Å²) in [6, 6.07) is 13.1. The van der Waals surface area contributed by atoms with Gasteiger partial charge in [0.05, 0.1) is 35.3 Å². The van der Waals surface area contributed by atoms with E-state index in [-0.39, 0.29) is 29.2 Å². The molecule has 1 saturated heterocycles. The second kappa shape index (κ2) is 10.7. The number of unbranched alkanes of at least 4 members (excludes halogenated alkanes) is 2. The quantitative estimate of drug-likeness (QED) is 0.248. The van der Waals surface area contributed by atoms with E-state index in [4.69, 9.17) is 4.74 Å². The van der Waals surface area contributed by atoms with Crippen LogP contribution < -0.4 is 10.2 Å². The first kappa shape index (κ1) is 24.4. The summed E-state index contributed by atoms with van der Waals surface area (Å²) in [6.45, 7) is 4.43. The van der Waals surface area contributed by atoms with E-state index in [0.717, 1.165) is 24.8 Å². The molecule has 35 heavy (non-hydrogen) atoms. The summed E-state index contributed by atoms with van der Waals surface area (Å²) in [5.41, 5.74) is 2.52. The maximum Gasteiger partial charge on any atom is 0.338 e. The van der Waals surface area contributed by atoms with Crippen LogP contribution in [0.2, 0.25) is 0 Å². The number of hydrogen-bond donors (Lipinski definition) is 1. The number of allylic oxidation sites excluding steroid dienone is 2. The average Bonchev–Trinajstić information content (AvgIpc) is 3.11. The smallest absolute Gasteiger partial charge is 0.338 e. The molecule has 7 nitrogen and oxygen atoms in total. The van der Waals surface area contributed by atoms with E-state index in [0.29, 0.717) is 36.4 Å². The highest BCUT2D eigenvalue weighted by Crippen LogP contribution is 2.40. The fourth-order valence-corrected chi connectivity index (χ4v) is 4.62. The zero-order valence-corrected chi connectivity index (χ0v) is 20.1. The number of carbonyl (C=O) groups is 4. The minimum absolute atomic E-state index is 0.233. The number of imide groups is 1. The molecule has 0 unspecified atom stereocenters. The van der Waals surface area contributed by atoms with Gasteiger partial charge in [-0.25, -0.2) is 9.69 Å². The standard InChI is InChI=1S/C28H30N2O5/c1-3-4-7-16-35-28(34)19-11-13-20(14-12-19)29-25(31)22-8-5-6-9-24(22)30-26(32)21-15-10-18(2)17-23(21)27(30)33/h5-6,8-14,21,23H,3-4,7,15-17H2,1-2H3,(H,29,31)/t21-,23-/m0/s1. The first-order valence-electron chi connectivity index (χ1n) is 12.1. The topological polar surface area (TPSA) is 92.8 Å². The Morgan fingerprint density at radius 3 is 2.46 bits per heavy atom. The summed E-state index contributed by atoms with van der Waals surface area (Å²) in [6.07, 6.45) is 6.00. The summed E-state index contributed by atoms with van der Waals surface area (Å²) in [5.74, 6) is -2.11. The third kappa shape index (κ3) is 5.19. The lowest BCUT2D eigenvalue weighted by Crippen LogP contribution is -2.33. The van der Waals surface area contributed by atoms with Gasteiger partial charge < -0.3 is 10.1 Å². The van der Waals surface area contributed by atoms with E-state index in [1.807, 2.05) is 13.0 Å². The lowest BCUT2D eigenvalue weighted by atomic mass is 9.82. The van der Waals surface area contributed by atoms with E-state index in [2.05, 4.69) is 12.2 Å². The minimum atomic E-state index is -0.444. The molecule has 2 aromatic rings. The highest BCUT2D eigenvalue weighted by Gasteiger charge is 2.49. The molecule has 2 aliphatic rings. The van der Waals surface area contributed by atoms with Crippen LogP contribution in [0, 0.1) is 11.8 Å². The third-order valence-corrected chi connectivity index (χ3v) is 6.57. The predicted molar refractivity (Wildman–Crippen MR) is 133 cm³/mol. The van der Waals surface area contributed by atoms with Gasteiger partial charge in [-0.2, -0.15) is 0 Å². The Morgan fingerprint density at radius 2 is 1.71 bits per heavy atom. The Morgan fingerprint density at radius 1 is 1.00 bits per heavy atom. The predicted octanol–water partition coefficient (Wildman–Crippen LogP) is 5.13. The largest absolute Gasteiger partial charge is 0.462 e. The SMILES string of the molecule is CCCCCOC(=O)c1ccc(NC(=O)c2ccccc2N2C(=O)[C@H]3CC=C(C)C[C@@H]3C2=O)cc1. The Bertz CT molecular complexity index is 1170. The van der Waals surface area contributed by atoms with E-state index in [9.17, 15) is 19.2 Å². The van der Waals surface area contributed by atoms with Crippen molar-refractivity contribution >= 4 is 35.1 Å². The van der Waals surface area contributed by atoms with Crippen LogP contribution in [0.25, 0.3) is 0 Å². The Kier molecular flexibility index (Phi) is 7.44. The lowest BCUT2D eigenvalue weighted by Gasteiger charge is -2.19. The van der Waals surface area contributed by atoms with E-state index >= 15 is 0 Å². The zero-order valence-electron chi connectivity index (χ0n) is 20.1. The molecule has 1 aliphatic heterocycles. The van der Waals surface area contributed by atoms with Gasteiger partial charge in [0.2, 0.25) is 11.8 Å². The number of para-hydroxylation sites is 1. The highest BCUT2D eigenvalue weighted by atomic mass is 16.5. The highest BCUT2D eigenvalue weighted by molar-refractivity contribution is 6.25. The van der Waals surface area contributed by atoms with Crippen molar-refractivity contribution in [2.75, 3.05) is 16.8 Å². The first-order chi connectivity index (χ1) is 16.9. The summed E-state index contributed by atoms with van der Waals surface area (Å²) in [7, 11) is 0. The van der Waals surface area contributed by atoms with Crippen LogP contribution in [-0.2, 0) is 14.3 Å². The van der Waals surface area contributed by atoms with Crippen molar-refractivity contribution in [1.82, 2.24) is 0 Å². The van der Waals surface area contributed by atoms with Gasteiger partial charge in [-0.05, 0) is 62.6 Å². The molecule has 0 spiro atoms. The zero-order chi connectivity index (χ0) is 24.9. The molecule has 1 heterocycles. The van der Waals surface area contributed by atoms with Gasteiger partial charge in [0, 0.05) is 5.69 Å². The molecule has 0 aromatic heterocycles. The number of carbonyl (C=O) groups excluding carboxylic acids is 4.